The van der Waals surface area contributed by atoms with Crippen LogP contribution in [0.2, 0.25) is 0 Å². The van der Waals surface area contributed by atoms with E-state index in [1.165, 1.54) is 4.90 Å². The summed E-state index contributed by atoms with van der Waals surface area (Å²) in [5.74, 6) is 0. The predicted molar refractivity (Wildman–Crippen MR) is 42.1 cm³/mol. The fourth-order valence-electron chi connectivity index (χ4n) is 1.15. The lowest BCUT2D eigenvalue weighted by atomic mass is 10.3. The van der Waals surface area contributed by atoms with Crippen molar-refractivity contribution in [2.75, 3.05) is 13.2 Å². The molecule has 1 rings (SSSR count). The first-order valence-corrected chi connectivity index (χ1v) is 3.66. The Labute approximate surface area is 71.4 Å². The number of ether oxygens (including phenoxy) is 2. The van der Waals surface area contributed by atoms with E-state index in [1.54, 1.807) is 13.8 Å². The van der Waals surface area contributed by atoms with E-state index in [0.717, 1.165) is 0 Å². The maximum absolute atomic E-state index is 11.1. The SMILES string of the molecule is C#COC(=O)N1CCOC1(C)C. The molecular formula is C8H11NO3. The number of terminal acetylenes is 1. The molecule has 0 aromatic rings. The monoisotopic (exact) mass is 169 g/mol. The molecule has 1 saturated heterocycles. The molecule has 12 heavy (non-hydrogen) atoms. The number of amides is 1. The van der Waals surface area contributed by atoms with E-state index in [2.05, 4.69) is 4.74 Å². The van der Waals surface area contributed by atoms with E-state index >= 15 is 0 Å². The Hall–Kier alpha value is -1.21. The molecule has 1 aliphatic rings. The van der Waals surface area contributed by atoms with Crippen LogP contribution in [0.5, 0.6) is 0 Å². The summed E-state index contributed by atoms with van der Waals surface area (Å²) in [5.41, 5.74) is -0.603. The first kappa shape index (κ1) is 8.88. The zero-order valence-corrected chi connectivity index (χ0v) is 7.16. The summed E-state index contributed by atoms with van der Waals surface area (Å²) >= 11 is 0. The Kier molecular flexibility index (Phi) is 2.25. The van der Waals surface area contributed by atoms with Gasteiger partial charge in [-0.05, 0) is 13.8 Å². The molecule has 1 fully saturated rings. The van der Waals surface area contributed by atoms with Crippen molar-refractivity contribution >= 4 is 6.09 Å². The van der Waals surface area contributed by atoms with Gasteiger partial charge in [-0.25, -0.2) is 4.79 Å². The first-order valence-electron chi connectivity index (χ1n) is 3.66. The Bertz CT molecular complexity index is 229. The minimum atomic E-state index is -0.603. The van der Waals surface area contributed by atoms with E-state index in [-0.39, 0.29) is 0 Å². The third-order valence-corrected chi connectivity index (χ3v) is 1.79. The van der Waals surface area contributed by atoms with Crippen molar-refractivity contribution in [1.82, 2.24) is 4.90 Å². The highest BCUT2D eigenvalue weighted by atomic mass is 16.6. The summed E-state index contributed by atoms with van der Waals surface area (Å²) in [5, 5.41) is 0. The molecule has 1 heterocycles. The van der Waals surface area contributed by atoms with Crippen LogP contribution in [-0.2, 0) is 9.47 Å². The normalized spacial score (nSPS) is 20.2. The van der Waals surface area contributed by atoms with Crippen LogP contribution in [0.1, 0.15) is 13.8 Å². The number of nitrogens with zero attached hydrogens (tertiary/aromatic N) is 1. The van der Waals surface area contributed by atoms with Gasteiger partial charge < -0.3 is 9.47 Å². The molecule has 1 amide bonds. The molecule has 0 unspecified atom stereocenters. The summed E-state index contributed by atoms with van der Waals surface area (Å²) in [6, 6.07) is 0. The molecule has 0 saturated carbocycles. The highest BCUT2D eigenvalue weighted by molar-refractivity contribution is 5.69. The molecule has 0 bridgehead atoms. The number of hydrogen-bond acceptors (Lipinski definition) is 3. The topological polar surface area (TPSA) is 38.8 Å². The van der Waals surface area contributed by atoms with Crippen LogP contribution in [-0.4, -0.2) is 29.9 Å². The molecule has 1 aliphatic heterocycles. The second-order valence-corrected chi connectivity index (χ2v) is 2.93. The largest absolute Gasteiger partial charge is 0.426 e. The van der Waals surface area contributed by atoms with Gasteiger partial charge in [-0.15, -0.1) is 0 Å². The van der Waals surface area contributed by atoms with Crippen LogP contribution in [0.15, 0.2) is 0 Å². The molecule has 0 aromatic heterocycles. The first-order chi connectivity index (χ1) is 5.58. The molecular weight excluding hydrogens is 158 g/mol. The lowest BCUT2D eigenvalue weighted by Gasteiger charge is -2.27. The van der Waals surface area contributed by atoms with Crippen LogP contribution < -0.4 is 0 Å². The molecule has 0 atom stereocenters. The summed E-state index contributed by atoms with van der Waals surface area (Å²) in [6.45, 7) is 4.62. The summed E-state index contributed by atoms with van der Waals surface area (Å²) in [7, 11) is 0. The molecule has 0 N–H and O–H groups in total. The average Bonchev–Trinajstić information content (AvgIpc) is 2.30. The van der Waals surface area contributed by atoms with Crippen molar-refractivity contribution in [3.63, 3.8) is 0 Å². The highest BCUT2D eigenvalue weighted by Crippen LogP contribution is 2.22. The summed E-state index contributed by atoms with van der Waals surface area (Å²) in [6.07, 6.45) is 6.13. The van der Waals surface area contributed by atoms with Gasteiger partial charge in [-0.2, -0.15) is 0 Å². The van der Waals surface area contributed by atoms with Gasteiger partial charge in [-0.1, -0.05) is 6.42 Å². The molecule has 4 nitrogen and oxygen atoms in total. The van der Waals surface area contributed by atoms with Gasteiger partial charge in [0.2, 0.25) is 0 Å². The Morgan fingerprint density at radius 1 is 1.75 bits per heavy atom. The minimum Gasteiger partial charge on any atom is -0.356 e. The Balaban J connectivity index is 2.64. The fourth-order valence-corrected chi connectivity index (χ4v) is 1.15. The van der Waals surface area contributed by atoms with Gasteiger partial charge in [0.05, 0.1) is 13.2 Å². The maximum Gasteiger partial charge on any atom is 0.426 e. The molecule has 66 valence electrons. The molecule has 0 spiro atoms. The Morgan fingerprint density at radius 3 is 2.83 bits per heavy atom. The average molecular weight is 169 g/mol. The van der Waals surface area contributed by atoms with Crippen molar-refractivity contribution in [1.29, 1.82) is 0 Å². The third kappa shape index (κ3) is 1.51. The maximum atomic E-state index is 11.1. The minimum absolute atomic E-state index is 0.521. The van der Waals surface area contributed by atoms with Gasteiger partial charge in [0.15, 0.2) is 0 Å². The van der Waals surface area contributed by atoms with Crippen molar-refractivity contribution in [2.24, 2.45) is 0 Å². The molecule has 0 aromatic carbocycles. The van der Waals surface area contributed by atoms with Crippen molar-refractivity contribution in [3.05, 3.63) is 0 Å². The zero-order chi connectivity index (χ0) is 9.19. The van der Waals surface area contributed by atoms with Gasteiger partial charge in [0.1, 0.15) is 11.8 Å². The van der Waals surface area contributed by atoms with Gasteiger partial charge in [0, 0.05) is 0 Å². The number of carbonyl (C=O) groups excluding carboxylic acids is 1. The van der Waals surface area contributed by atoms with Crippen LogP contribution >= 0.6 is 0 Å². The Morgan fingerprint density at radius 2 is 2.42 bits per heavy atom. The van der Waals surface area contributed by atoms with Crippen molar-refractivity contribution in [2.45, 2.75) is 19.6 Å². The molecule has 0 aliphatic carbocycles. The fraction of sp³-hybridized carbons (Fsp3) is 0.625. The highest BCUT2D eigenvalue weighted by Gasteiger charge is 2.37. The molecule has 0 radical (unpaired) electrons. The molecule has 4 heteroatoms. The van der Waals surface area contributed by atoms with E-state index < -0.39 is 11.8 Å². The van der Waals surface area contributed by atoms with Gasteiger partial charge >= 0.3 is 6.09 Å². The lowest BCUT2D eigenvalue weighted by molar-refractivity contribution is -0.0395. The number of hydrogen-bond donors (Lipinski definition) is 0. The second kappa shape index (κ2) is 3.03. The third-order valence-electron chi connectivity index (χ3n) is 1.79. The lowest BCUT2D eigenvalue weighted by Crippen LogP contribution is -2.43. The standard InChI is InChI=1S/C8H11NO3/c1-4-11-7(10)9-5-6-12-8(9,2)3/h1H,5-6H2,2-3H3. The van der Waals surface area contributed by atoms with E-state index in [1.807, 2.05) is 6.11 Å². The van der Waals surface area contributed by atoms with Crippen LogP contribution in [0.25, 0.3) is 0 Å². The number of carbonyl (C=O) groups is 1. The predicted octanol–water partition coefficient (Wildman–Crippen LogP) is 0.782. The van der Waals surface area contributed by atoms with Gasteiger partial charge in [-0.3, -0.25) is 4.90 Å². The van der Waals surface area contributed by atoms with Crippen LogP contribution in [0, 0.1) is 12.5 Å². The van der Waals surface area contributed by atoms with E-state index in [0.29, 0.717) is 13.2 Å². The van der Waals surface area contributed by atoms with Crippen LogP contribution in [0.4, 0.5) is 4.79 Å². The number of rotatable bonds is 0. The quantitative estimate of drug-likeness (QED) is 0.503. The van der Waals surface area contributed by atoms with E-state index in [4.69, 9.17) is 11.2 Å². The van der Waals surface area contributed by atoms with Crippen LogP contribution in [0.3, 0.4) is 0 Å². The van der Waals surface area contributed by atoms with Crippen molar-refractivity contribution in [3.8, 4) is 12.5 Å². The smallest absolute Gasteiger partial charge is 0.356 e. The second-order valence-electron chi connectivity index (χ2n) is 2.93. The summed E-state index contributed by atoms with van der Waals surface area (Å²) in [4.78, 5) is 12.6. The zero-order valence-electron chi connectivity index (χ0n) is 7.16. The van der Waals surface area contributed by atoms with Crippen molar-refractivity contribution < 1.29 is 14.3 Å². The summed E-state index contributed by atoms with van der Waals surface area (Å²) < 4.78 is 9.67. The van der Waals surface area contributed by atoms with Gasteiger partial charge in [0.25, 0.3) is 0 Å². The van der Waals surface area contributed by atoms with E-state index in [9.17, 15) is 4.79 Å².